The predicted octanol–water partition coefficient (Wildman–Crippen LogP) is 2.59. The van der Waals surface area contributed by atoms with Gasteiger partial charge in [-0.3, -0.25) is 0 Å². The molecule has 1 fully saturated rings. The van der Waals surface area contributed by atoms with Crippen LogP contribution in [-0.4, -0.2) is 36.5 Å². The van der Waals surface area contributed by atoms with Gasteiger partial charge in [0.05, 0.1) is 18.8 Å². The summed E-state index contributed by atoms with van der Waals surface area (Å²) < 4.78 is 5.26. The first-order valence-corrected chi connectivity index (χ1v) is 7.68. The number of pyridine rings is 2. The highest BCUT2D eigenvalue weighted by Gasteiger charge is 2.24. The number of piperidine rings is 1. The molecule has 0 spiro atoms. The summed E-state index contributed by atoms with van der Waals surface area (Å²) in [4.78, 5) is 15.5. The van der Waals surface area contributed by atoms with Gasteiger partial charge in [0.1, 0.15) is 23.3 Å². The van der Waals surface area contributed by atoms with Crippen LogP contribution in [0.25, 0.3) is 10.8 Å². The molecule has 116 valence electrons. The summed E-state index contributed by atoms with van der Waals surface area (Å²) in [6.45, 7) is 1.85. The zero-order chi connectivity index (χ0) is 15.8. The molecule has 0 saturated carbocycles. The molecule has 7 heteroatoms. The molecule has 7 nitrogen and oxygen atoms in total. The van der Waals surface area contributed by atoms with Crippen LogP contribution in [0.4, 0.5) is 17.5 Å². The summed E-state index contributed by atoms with van der Waals surface area (Å²) in [6.07, 6.45) is 5.05. The third-order valence-electron chi connectivity index (χ3n) is 4.29. The first-order valence-electron chi connectivity index (χ1n) is 7.68. The fraction of sp³-hybridized carbons (Fsp3) is 0.375. The Morgan fingerprint density at radius 3 is 2.83 bits per heavy atom. The van der Waals surface area contributed by atoms with E-state index in [1.807, 2.05) is 0 Å². The third-order valence-corrected chi connectivity index (χ3v) is 4.29. The van der Waals surface area contributed by atoms with Gasteiger partial charge in [0.2, 0.25) is 5.88 Å². The van der Waals surface area contributed by atoms with Crippen molar-refractivity contribution in [3.05, 3.63) is 11.6 Å². The molecule has 0 unspecified atom stereocenters. The number of aliphatic imine (C=N–C) groups is 1. The predicted molar refractivity (Wildman–Crippen MR) is 88.6 cm³/mol. The minimum Gasteiger partial charge on any atom is -0.481 e. The number of ether oxygens (including phenoxy) is 1. The van der Waals surface area contributed by atoms with Crippen molar-refractivity contribution in [2.45, 2.75) is 19.3 Å². The highest BCUT2D eigenvalue weighted by molar-refractivity contribution is 6.09. The lowest BCUT2D eigenvalue weighted by Crippen LogP contribution is -2.31. The number of hydrogen-bond donors (Lipinski definition) is 1. The molecule has 0 amide bonds. The van der Waals surface area contributed by atoms with Gasteiger partial charge in [0, 0.05) is 24.5 Å². The zero-order valence-corrected chi connectivity index (χ0v) is 12.8. The molecule has 2 aliphatic rings. The second-order valence-electron chi connectivity index (χ2n) is 5.63. The summed E-state index contributed by atoms with van der Waals surface area (Å²) in [5.74, 6) is 2.41. The maximum atomic E-state index is 9.75. The molecule has 4 heterocycles. The number of anilines is 2. The molecule has 1 saturated heterocycles. The number of methoxy groups -OCH3 is 1. The van der Waals surface area contributed by atoms with E-state index in [2.05, 4.69) is 26.3 Å². The van der Waals surface area contributed by atoms with Crippen LogP contribution in [0.3, 0.4) is 0 Å². The minimum atomic E-state index is 0.449. The zero-order valence-electron chi connectivity index (χ0n) is 12.8. The van der Waals surface area contributed by atoms with Gasteiger partial charge in [-0.15, -0.1) is 0 Å². The number of nitrogens with zero attached hydrogens (tertiary/aromatic N) is 5. The quantitative estimate of drug-likeness (QED) is 0.917. The normalized spacial score (nSPS) is 16.1. The SMILES string of the molecule is COc1cc2c(C#N)c(N3CCCCC3)nc3c2c(n1)N=CN3. The summed E-state index contributed by atoms with van der Waals surface area (Å²) in [5.41, 5.74) is 0.562. The summed E-state index contributed by atoms with van der Waals surface area (Å²) in [6, 6.07) is 4.11. The van der Waals surface area contributed by atoms with Crippen molar-refractivity contribution in [1.82, 2.24) is 9.97 Å². The third kappa shape index (κ3) is 2.14. The van der Waals surface area contributed by atoms with Crippen LogP contribution >= 0.6 is 0 Å². The van der Waals surface area contributed by atoms with Gasteiger partial charge in [-0.1, -0.05) is 0 Å². The Labute approximate surface area is 133 Å². The standard InChI is InChI=1S/C16H16N6O/c1-23-12-7-10-11(8-17)16(22-5-3-2-4-6-22)21-15-13(10)14(20-12)18-9-19-15/h7,9H,2-6H2,1H3,(H,18,19,20,21). The first-order chi connectivity index (χ1) is 11.3. The Kier molecular flexibility index (Phi) is 3.23. The largest absolute Gasteiger partial charge is 0.481 e. The van der Waals surface area contributed by atoms with Gasteiger partial charge in [0.15, 0.2) is 5.82 Å². The van der Waals surface area contributed by atoms with Crippen LogP contribution in [-0.2, 0) is 0 Å². The fourth-order valence-corrected chi connectivity index (χ4v) is 3.18. The summed E-state index contributed by atoms with van der Waals surface area (Å²) >= 11 is 0. The lowest BCUT2D eigenvalue weighted by molar-refractivity contribution is 0.399. The summed E-state index contributed by atoms with van der Waals surface area (Å²) in [7, 11) is 1.56. The highest BCUT2D eigenvalue weighted by Crippen LogP contribution is 2.39. The average Bonchev–Trinajstić information content (AvgIpc) is 2.62. The molecular formula is C16H16N6O. The van der Waals surface area contributed by atoms with Crippen molar-refractivity contribution >= 4 is 34.6 Å². The minimum absolute atomic E-state index is 0.449. The van der Waals surface area contributed by atoms with E-state index >= 15 is 0 Å². The van der Waals surface area contributed by atoms with Crippen molar-refractivity contribution in [1.29, 1.82) is 5.26 Å². The summed E-state index contributed by atoms with van der Waals surface area (Å²) in [5, 5.41) is 14.4. The van der Waals surface area contributed by atoms with Crippen LogP contribution < -0.4 is 15.0 Å². The van der Waals surface area contributed by atoms with Crippen molar-refractivity contribution in [2.75, 3.05) is 30.4 Å². The molecular weight excluding hydrogens is 292 g/mol. The Hall–Kier alpha value is -2.88. The topological polar surface area (TPSA) is 86.4 Å². The smallest absolute Gasteiger partial charge is 0.215 e. The molecule has 1 N–H and O–H groups in total. The Morgan fingerprint density at radius 1 is 1.26 bits per heavy atom. The Balaban J connectivity index is 2.01. The monoisotopic (exact) mass is 308 g/mol. The Morgan fingerprint density at radius 2 is 2.09 bits per heavy atom. The van der Waals surface area contributed by atoms with Crippen molar-refractivity contribution in [3.8, 4) is 11.9 Å². The molecule has 2 aromatic rings. The molecule has 4 rings (SSSR count). The van der Waals surface area contributed by atoms with E-state index in [4.69, 9.17) is 9.72 Å². The molecule has 23 heavy (non-hydrogen) atoms. The second kappa shape index (κ2) is 5.39. The van der Waals surface area contributed by atoms with E-state index in [-0.39, 0.29) is 0 Å². The van der Waals surface area contributed by atoms with Crippen molar-refractivity contribution < 1.29 is 4.74 Å². The molecule has 0 radical (unpaired) electrons. The van der Waals surface area contributed by atoms with E-state index in [1.54, 1.807) is 19.5 Å². The van der Waals surface area contributed by atoms with Crippen LogP contribution in [0.15, 0.2) is 11.1 Å². The Bertz CT molecular complexity index is 848. The van der Waals surface area contributed by atoms with E-state index in [0.29, 0.717) is 23.1 Å². The molecule has 0 atom stereocenters. The molecule has 2 aromatic heterocycles. The maximum Gasteiger partial charge on any atom is 0.215 e. The number of hydrogen-bond acceptors (Lipinski definition) is 7. The molecule has 0 aliphatic carbocycles. The number of nitrogens with one attached hydrogen (secondary N) is 1. The number of nitriles is 1. The van der Waals surface area contributed by atoms with Crippen molar-refractivity contribution in [3.63, 3.8) is 0 Å². The highest BCUT2D eigenvalue weighted by atomic mass is 16.5. The van der Waals surface area contributed by atoms with Gasteiger partial charge in [-0.05, 0) is 19.3 Å². The first kappa shape index (κ1) is 13.8. The average molecular weight is 308 g/mol. The van der Waals surface area contributed by atoms with Gasteiger partial charge in [-0.2, -0.15) is 10.2 Å². The van der Waals surface area contributed by atoms with E-state index < -0.39 is 0 Å². The van der Waals surface area contributed by atoms with E-state index in [1.165, 1.54) is 6.42 Å². The van der Waals surface area contributed by atoms with Gasteiger partial charge >= 0.3 is 0 Å². The number of rotatable bonds is 2. The molecule has 2 aliphatic heterocycles. The van der Waals surface area contributed by atoms with E-state index in [0.717, 1.165) is 42.5 Å². The van der Waals surface area contributed by atoms with Crippen molar-refractivity contribution in [2.24, 2.45) is 4.99 Å². The lowest BCUT2D eigenvalue weighted by Gasteiger charge is -2.29. The van der Waals surface area contributed by atoms with Gasteiger partial charge in [-0.25, -0.2) is 9.98 Å². The van der Waals surface area contributed by atoms with Crippen LogP contribution in [0.2, 0.25) is 0 Å². The maximum absolute atomic E-state index is 9.75. The van der Waals surface area contributed by atoms with E-state index in [9.17, 15) is 5.26 Å². The van der Waals surface area contributed by atoms with Crippen LogP contribution in [0, 0.1) is 11.3 Å². The number of aromatic nitrogens is 2. The van der Waals surface area contributed by atoms with Gasteiger partial charge < -0.3 is 15.0 Å². The fourth-order valence-electron chi connectivity index (χ4n) is 3.18. The lowest BCUT2D eigenvalue weighted by atomic mass is 10.0. The van der Waals surface area contributed by atoms with Crippen LogP contribution in [0.1, 0.15) is 24.8 Å². The van der Waals surface area contributed by atoms with Gasteiger partial charge in [0.25, 0.3) is 0 Å². The second-order valence-corrected chi connectivity index (χ2v) is 5.63. The molecule has 0 bridgehead atoms. The van der Waals surface area contributed by atoms with Crippen LogP contribution in [0.5, 0.6) is 5.88 Å². The molecule has 0 aromatic carbocycles.